The Morgan fingerprint density at radius 1 is 1.14 bits per heavy atom. The second-order valence-corrected chi connectivity index (χ2v) is 6.92. The SMILES string of the molecule is CCN1CCC2CCC(C1)N2Cc1noc(C2CCC2)n1. The molecule has 3 heterocycles. The summed E-state index contributed by atoms with van der Waals surface area (Å²) in [5, 5.41) is 4.24. The van der Waals surface area contributed by atoms with Gasteiger partial charge in [0.15, 0.2) is 5.82 Å². The van der Waals surface area contributed by atoms with Gasteiger partial charge in [-0.1, -0.05) is 18.5 Å². The Kier molecular flexibility index (Phi) is 3.71. The van der Waals surface area contributed by atoms with Crippen molar-refractivity contribution in [2.75, 3.05) is 19.6 Å². The molecule has 116 valence electrons. The van der Waals surface area contributed by atoms with E-state index in [0.717, 1.165) is 24.3 Å². The van der Waals surface area contributed by atoms with E-state index in [-0.39, 0.29) is 0 Å². The predicted octanol–water partition coefficient (Wildman–Crippen LogP) is 2.40. The van der Waals surface area contributed by atoms with E-state index in [0.29, 0.717) is 12.0 Å². The first-order chi connectivity index (χ1) is 10.3. The summed E-state index contributed by atoms with van der Waals surface area (Å²) in [4.78, 5) is 9.89. The first kappa shape index (κ1) is 13.7. The summed E-state index contributed by atoms with van der Waals surface area (Å²) in [6.07, 6.45) is 7.72. The van der Waals surface area contributed by atoms with Crippen molar-refractivity contribution < 1.29 is 4.52 Å². The summed E-state index contributed by atoms with van der Waals surface area (Å²) in [7, 11) is 0. The zero-order valence-corrected chi connectivity index (χ0v) is 13.0. The van der Waals surface area contributed by atoms with Gasteiger partial charge in [0.25, 0.3) is 0 Å². The second-order valence-electron chi connectivity index (χ2n) is 6.92. The van der Waals surface area contributed by atoms with E-state index in [1.54, 1.807) is 0 Å². The van der Waals surface area contributed by atoms with Gasteiger partial charge in [-0.15, -0.1) is 0 Å². The molecule has 4 rings (SSSR count). The zero-order valence-electron chi connectivity index (χ0n) is 13.0. The highest BCUT2D eigenvalue weighted by Crippen LogP contribution is 2.36. The fourth-order valence-electron chi connectivity index (χ4n) is 4.10. The Bertz CT molecular complexity index is 484. The summed E-state index contributed by atoms with van der Waals surface area (Å²) in [5.41, 5.74) is 0. The molecule has 21 heavy (non-hydrogen) atoms. The molecule has 1 aromatic heterocycles. The van der Waals surface area contributed by atoms with Crippen LogP contribution in [0.25, 0.3) is 0 Å². The third-order valence-corrected chi connectivity index (χ3v) is 5.73. The smallest absolute Gasteiger partial charge is 0.229 e. The number of aromatic nitrogens is 2. The number of likely N-dealkylation sites (N-methyl/N-ethyl adjacent to an activating group) is 1. The van der Waals surface area contributed by atoms with E-state index in [1.807, 2.05) is 0 Å². The molecule has 1 aliphatic carbocycles. The summed E-state index contributed by atoms with van der Waals surface area (Å²) in [5.74, 6) is 2.33. The molecular weight excluding hydrogens is 264 g/mol. The standard InChI is InChI=1S/C16H26N4O/c1-2-19-9-8-13-6-7-14(10-19)20(13)11-15-17-16(21-18-15)12-4-3-5-12/h12-14H,2-11H2,1H3. The lowest BCUT2D eigenvalue weighted by molar-refractivity contribution is 0.173. The monoisotopic (exact) mass is 290 g/mol. The van der Waals surface area contributed by atoms with Crippen LogP contribution in [0.4, 0.5) is 0 Å². The Hall–Kier alpha value is -0.940. The summed E-state index contributed by atoms with van der Waals surface area (Å²) < 4.78 is 5.48. The largest absolute Gasteiger partial charge is 0.339 e. The normalized spacial score (nSPS) is 31.3. The second kappa shape index (κ2) is 5.69. The maximum Gasteiger partial charge on any atom is 0.229 e. The fraction of sp³-hybridized carbons (Fsp3) is 0.875. The Morgan fingerprint density at radius 2 is 2.00 bits per heavy atom. The van der Waals surface area contributed by atoms with Crippen LogP contribution in [0.3, 0.4) is 0 Å². The minimum absolute atomic E-state index is 0.544. The van der Waals surface area contributed by atoms with Crippen molar-refractivity contribution >= 4 is 0 Å². The van der Waals surface area contributed by atoms with Gasteiger partial charge in [-0.3, -0.25) is 4.90 Å². The first-order valence-corrected chi connectivity index (χ1v) is 8.64. The van der Waals surface area contributed by atoms with Gasteiger partial charge in [0.1, 0.15) is 0 Å². The third-order valence-electron chi connectivity index (χ3n) is 5.73. The van der Waals surface area contributed by atoms with Crippen LogP contribution < -0.4 is 0 Å². The molecule has 3 fully saturated rings. The van der Waals surface area contributed by atoms with Crippen LogP contribution in [0.5, 0.6) is 0 Å². The molecule has 0 N–H and O–H groups in total. The highest BCUT2D eigenvalue weighted by atomic mass is 16.5. The number of fused-ring (bicyclic) bond motifs is 2. The Labute approximate surface area is 126 Å². The molecule has 2 saturated heterocycles. The van der Waals surface area contributed by atoms with Crippen LogP contribution in [0.15, 0.2) is 4.52 Å². The number of hydrogen-bond acceptors (Lipinski definition) is 5. The first-order valence-electron chi connectivity index (χ1n) is 8.64. The lowest BCUT2D eigenvalue weighted by atomic mass is 9.85. The number of rotatable bonds is 4. The van der Waals surface area contributed by atoms with E-state index in [1.165, 1.54) is 58.2 Å². The molecule has 0 aromatic carbocycles. The van der Waals surface area contributed by atoms with Gasteiger partial charge in [0.05, 0.1) is 6.54 Å². The van der Waals surface area contributed by atoms with Crippen molar-refractivity contribution in [3.05, 3.63) is 11.7 Å². The van der Waals surface area contributed by atoms with Crippen LogP contribution in [0.2, 0.25) is 0 Å². The molecule has 0 radical (unpaired) electrons. The van der Waals surface area contributed by atoms with Gasteiger partial charge < -0.3 is 9.42 Å². The number of hydrogen-bond donors (Lipinski definition) is 0. The molecule has 2 aliphatic heterocycles. The molecule has 0 amide bonds. The predicted molar refractivity (Wildman–Crippen MR) is 80.0 cm³/mol. The number of nitrogens with zero attached hydrogens (tertiary/aromatic N) is 4. The lowest BCUT2D eigenvalue weighted by Gasteiger charge is -2.27. The van der Waals surface area contributed by atoms with Crippen molar-refractivity contribution in [1.29, 1.82) is 0 Å². The van der Waals surface area contributed by atoms with Crippen molar-refractivity contribution in [3.63, 3.8) is 0 Å². The van der Waals surface area contributed by atoms with Crippen molar-refractivity contribution in [1.82, 2.24) is 19.9 Å². The van der Waals surface area contributed by atoms with E-state index >= 15 is 0 Å². The zero-order chi connectivity index (χ0) is 14.2. The van der Waals surface area contributed by atoms with Crippen LogP contribution >= 0.6 is 0 Å². The van der Waals surface area contributed by atoms with E-state index in [2.05, 4.69) is 26.9 Å². The molecule has 1 aromatic rings. The highest BCUT2D eigenvalue weighted by Gasteiger charge is 2.37. The topological polar surface area (TPSA) is 45.4 Å². The molecule has 1 saturated carbocycles. The van der Waals surface area contributed by atoms with Crippen LogP contribution in [-0.4, -0.2) is 51.7 Å². The third kappa shape index (κ3) is 2.61. The minimum atomic E-state index is 0.544. The molecule has 2 unspecified atom stereocenters. The van der Waals surface area contributed by atoms with Gasteiger partial charge in [0, 0.05) is 24.5 Å². The molecule has 5 heteroatoms. The summed E-state index contributed by atoms with van der Waals surface area (Å²) >= 11 is 0. The molecule has 2 atom stereocenters. The average Bonchev–Trinajstić information content (AvgIpc) is 2.94. The van der Waals surface area contributed by atoms with Crippen molar-refractivity contribution in [2.24, 2.45) is 0 Å². The average molecular weight is 290 g/mol. The molecule has 3 aliphatic rings. The summed E-state index contributed by atoms with van der Waals surface area (Å²) in [6.45, 7) is 6.77. The Morgan fingerprint density at radius 3 is 2.76 bits per heavy atom. The fourth-order valence-corrected chi connectivity index (χ4v) is 4.10. The quantitative estimate of drug-likeness (QED) is 0.852. The van der Waals surface area contributed by atoms with Gasteiger partial charge in [-0.2, -0.15) is 4.98 Å². The lowest BCUT2D eigenvalue weighted by Crippen LogP contribution is -2.38. The van der Waals surface area contributed by atoms with Gasteiger partial charge in [-0.25, -0.2) is 0 Å². The molecule has 5 nitrogen and oxygen atoms in total. The number of likely N-dealkylation sites (tertiary alicyclic amines) is 1. The van der Waals surface area contributed by atoms with Crippen LogP contribution in [0.1, 0.15) is 63.1 Å². The van der Waals surface area contributed by atoms with Gasteiger partial charge in [0.2, 0.25) is 5.89 Å². The minimum Gasteiger partial charge on any atom is -0.339 e. The van der Waals surface area contributed by atoms with Crippen LogP contribution in [0, 0.1) is 0 Å². The van der Waals surface area contributed by atoms with Crippen LogP contribution in [-0.2, 0) is 6.54 Å². The van der Waals surface area contributed by atoms with Crippen molar-refractivity contribution in [3.8, 4) is 0 Å². The molecule has 2 bridgehead atoms. The maximum absolute atomic E-state index is 5.48. The van der Waals surface area contributed by atoms with Crippen molar-refractivity contribution in [2.45, 2.75) is 70.0 Å². The van der Waals surface area contributed by atoms with E-state index < -0.39 is 0 Å². The van der Waals surface area contributed by atoms with Gasteiger partial charge >= 0.3 is 0 Å². The Balaban J connectivity index is 1.44. The van der Waals surface area contributed by atoms with Gasteiger partial charge in [-0.05, 0) is 45.2 Å². The molecular formula is C16H26N4O. The summed E-state index contributed by atoms with van der Waals surface area (Å²) in [6, 6.07) is 1.40. The van der Waals surface area contributed by atoms with E-state index in [9.17, 15) is 0 Å². The maximum atomic E-state index is 5.48. The molecule has 0 spiro atoms. The highest BCUT2D eigenvalue weighted by molar-refractivity contribution is 5.00. The van der Waals surface area contributed by atoms with E-state index in [4.69, 9.17) is 4.52 Å².